The number of halogens is 3. The number of benzene rings is 2. The molecule has 1 heterocycles. The number of fused-ring (bicyclic) bond motifs is 1. The van der Waals surface area contributed by atoms with Gasteiger partial charge in [-0.2, -0.15) is 13.2 Å². The zero-order chi connectivity index (χ0) is 14.3. The van der Waals surface area contributed by atoms with Crippen molar-refractivity contribution in [2.75, 3.05) is 5.73 Å². The van der Waals surface area contributed by atoms with E-state index >= 15 is 0 Å². The maximum atomic E-state index is 12.5. The van der Waals surface area contributed by atoms with Crippen LogP contribution in [0, 0.1) is 0 Å². The number of oxazole rings is 1. The molecule has 102 valence electrons. The maximum Gasteiger partial charge on any atom is 0.416 e. The molecule has 0 atom stereocenters. The Kier molecular flexibility index (Phi) is 2.67. The molecule has 2 aromatic carbocycles. The fourth-order valence-corrected chi connectivity index (χ4v) is 1.87. The van der Waals surface area contributed by atoms with E-state index in [9.17, 15) is 13.2 Å². The SMILES string of the molecule is Nc1ccc2oc(-c3ccc(C(F)(F)F)cc3)nc2c1. The van der Waals surface area contributed by atoms with Crippen molar-refractivity contribution in [3.63, 3.8) is 0 Å². The lowest BCUT2D eigenvalue weighted by molar-refractivity contribution is -0.137. The van der Waals surface area contributed by atoms with Crippen LogP contribution in [0.3, 0.4) is 0 Å². The number of nitrogens with two attached hydrogens (primary N) is 1. The van der Waals surface area contributed by atoms with Crippen molar-refractivity contribution in [3.05, 3.63) is 48.0 Å². The number of alkyl halides is 3. The number of hydrogen-bond donors (Lipinski definition) is 1. The van der Waals surface area contributed by atoms with E-state index < -0.39 is 11.7 Å². The smallest absolute Gasteiger partial charge is 0.416 e. The lowest BCUT2D eigenvalue weighted by Crippen LogP contribution is -2.03. The molecule has 0 aliphatic carbocycles. The predicted octanol–water partition coefficient (Wildman–Crippen LogP) is 4.10. The topological polar surface area (TPSA) is 52.0 Å². The number of anilines is 1. The zero-order valence-electron chi connectivity index (χ0n) is 10.1. The summed E-state index contributed by atoms with van der Waals surface area (Å²) < 4.78 is 42.9. The van der Waals surface area contributed by atoms with E-state index in [0.717, 1.165) is 12.1 Å². The average molecular weight is 278 g/mol. The Morgan fingerprint density at radius 2 is 1.70 bits per heavy atom. The third-order valence-electron chi connectivity index (χ3n) is 2.87. The van der Waals surface area contributed by atoms with Gasteiger partial charge in [-0.25, -0.2) is 4.98 Å². The van der Waals surface area contributed by atoms with Crippen LogP contribution in [0.1, 0.15) is 5.56 Å². The first-order valence-electron chi connectivity index (χ1n) is 5.77. The third kappa shape index (κ3) is 2.20. The molecule has 1 aromatic heterocycles. The summed E-state index contributed by atoms with van der Waals surface area (Å²) in [6.45, 7) is 0. The first-order chi connectivity index (χ1) is 9.43. The van der Waals surface area contributed by atoms with Gasteiger partial charge in [-0.3, -0.25) is 0 Å². The quantitative estimate of drug-likeness (QED) is 0.682. The Morgan fingerprint density at radius 3 is 2.35 bits per heavy atom. The van der Waals surface area contributed by atoms with Crippen LogP contribution < -0.4 is 5.73 Å². The number of rotatable bonds is 1. The fraction of sp³-hybridized carbons (Fsp3) is 0.0714. The third-order valence-corrected chi connectivity index (χ3v) is 2.87. The number of aromatic nitrogens is 1. The lowest BCUT2D eigenvalue weighted by Gasteiger charge is -2.05. The second kappa shape index (κ2) is 4.26. The van der Waals surface area contributed by atoms with Gasteiger partial charge in [0.2, 0.25) is 5.89 Å². The van der Waals surface area contributed by atoms with Crippen molar-refractivity contribution in [2.24, 2.45) is 0 Å². The molecular weight excluding hydrogens is 269 g/mol. The molecule has 0 amide bonds. The van der Waals surface area contributed by atoms with Gasteiger partial charge in [0.25, 0.3) is 0 Å². The van der Waals surface area contributed by atoms with Crippen molar-refractivity contribution in [3.8, 4) is 11.5 Å². The summed E-state index contributed by atoms with van der Waals surface area (Å²) >= 11 is 0. The molecule has 0 aliphatic heterocycles. The summed E-state index contributed by atoms with van der Waals surface area (Å²) in [6.07, 6.45) is -4.35. The molecule has 0 fully saturated rings. The van der Waals surface area contributed by atoms with Crippen molar-refractivity contribution in [2.45, 2.75) is 6.18 Å². The van der Waals surface area contributed by atoms with Crippen LogP contribution in [0.15, 0.2) is 46.9 Å². The van der Waals surface area contributed by atoms with Crippen LogP contribution >= 0.6 is 0 Å². The van der Waals surface area contributed by atoms with Gasteiger partial charge in [0.15, 0.2) is 5.58 Å². The molecule has 0 radical (unpaired) electrons. The highest BCUT2D eigenvalue weighted by molar-refractivity contribution is 5.79. The van der Waals surface area contributed by atoms with E-state index in [1.54, 1.807) is 18.2 Å². The molecule has 3 aromatic rings. The van der Waals surface area contributed by atoms with E-state index in [4.69, 9.17) is 10.2 Å². The summed E-state index contributed by atoms with van der Waals surface area (Å²) in [6, 6.07) is 9.65. The molecule has 6 heteroatoms. The summed E-state index contributed by atoms with van der Waals surface area (Å²) in [5, 5.41) is 0. The highest BCUT2D eigenvalue weighted by Gasteiger charge is 2.30. The van der Waals surface area contributed by atoms with Gasteiger partial charge in [-0.1, -0.05) is 0 Å². The van der Waals surface area contributed by atoms with Crippen molar-refractivity contribution < 1.29 is 17.6 Å². The van der Waals surface area contributed by atoms with E-state index in [1.807, 2.05) is 0 Å². The Morgan fingerprint density at radius 1 is 1.00 bits per heavy atom. The Balaban J connectivity index is 2.02. The van der Waals surface area contributed by atoms with Crippen LogP contribution in [-0.2, 0) is 6.18 Å². The Bertz CT molecular complexity index is 760. The van der Waals surface area contributed by atoms with Gasteiger partial charge in [0, 0.05) is 11.3 Å². The molecule has 0 bridgehead atoms. The average Bonchev–Trinajstić information content (AvgIpc) is 2.80. The molecule has 0 saturated carbocycles. The minimum Gasteiger partial charge on any atom is -0.436 e. The summed E-state index contributed by atoms with van der Waals surface area (Å²) in [7, 11) is 0. The highest BCUT2D eigenvalue weighted by Crippen LogP contribution is 2.31. The molecule has 3 rings (SSSR count). The summed E-state index contributed by atoms with van der Waals surface area (Å²) in [4.78, 5) is 4.21. The van der Waals surface area contributed by atoms with Crippen LogP contribution in [0.5, 0.6) is 0 Å². The van der Waals surface area contributed by atoms with Gasteiger partial charge in [0.05, 0.1) is 5.56 Å². The van der Waals surface area contributed by atoms with Crippen LogP contribution in [0.2, 0.25) is 0 Å². The van der Waals surface area contributed by atoms with Crippen LogP contribution in [-0.4, -0.2) is 4.98 Å². The molecular formula is C14H9F3N2O. The van der Waals surface area contributed by atoms with Gasteiger partial charge in [0.1, 0.15) is 5.52 Å². The summed E-state index contributed by atoms with van der Waals surface area (Å²) in [5.74, 6) is 0.263. The van der Waals surface area contributed by atoms with Gasteiger partial charge >= 0.3 is 6.18 Å². The fourth-order valence-electron chi connectivity index (χ4n) is 1.87. The Labute approximate surface area is 111 Å². The minimum absolute atomic E-state index is 0.263. The van der Waals surface area contributed by atoms with Crippen molar-refractivity contribution >= 4 is 16.8 Å². The van der Waals surface area contributed by atoms with Gasteiger partial charge in [-0.15, -0.1) is 0 Å². The van der Waals surface area contributed by atoms with Crippen LogP contribution in [0.4, 0.5) is 18.9 Å². The maximum absolute atomic E-state index is 12.5. The van der Waals surface area contributed by atoms with Crippen molar-refractivity contribution in [1.82, 2.24) is 4.98 Å². The number of nitrogen functional groups attached to an aromatic ring is 1. The molecule has 0 aliphatic rings. The van der Waals surface area contributed by atoms with Crippen LogP contribution in [0.25, 0.3) is 22.6 Å². The van der Waals surface area contributed by atoms with E-state index in [2.05, 4.69) is 4.98 Å². The zero-order valence-corrected chi connectivity index (χ0v) is 10.1. The monoisotopic (exact) mass is 278 g/mol. The van der Waals surface area contributed by atoms with Crippen molar-refractivity contribution in [1.29, 1.82) is 0 Å². The Hall–Kier alpha value is -2.50. The molecule has 3 nitrogen and oxygen atoms in total. The predicted molar refractivity (Wildman–Crippen MR) is 68.9 cm³/mol. The normalized spacial score (nSPS) is 11.9. The summed E-state index contributed by atoms with van der Waals surface area (Å²) in [5.41, 5.74) is 7.06. The lowest BCUT2D eigenvalue weighted by atomic mass is 10.1. The largest absolute Gasteiger partial charge is 0.436 e. The minimum atomic E-state index is -4.35. The molecule has 20 heavy (non-hydrogen) atoms. The van der Waals surface area contributed by atoms with Gasteiger partial charge < -0.3 is 10.2 Å². The molecule has 0 saturated heterocycles. The molecule has 0 spiro atoms. The second-order valence-electron chi connectivity index (χ2n) is 4.32. The van der Waals surface area contributed by atoms with E-state index in [0.29, 0.717) is 22.4 Å². The first kappa shape index (κ1) is 12.5. The molecule has 2 N–H and O–H groups in total. The highest BCUT2D eigenvalue weighted by atomic mass is 19.4. The van der Waals surface area contributed by atoms with E-state index in [1.165, 1.54) is 12.1 Å². The number of nitrogens with zero attached hydrogens (tertiary/aromatic N) is 1. The van der Waals surface area contributed by atoms with Gasteiger partial charge in [-0.05, 0) is 42.5 Å². The molecule has 0 unspecified atom stereocenters. The second-order valence-corrected chi connectivity index (χ2v) is 4.32. The first-order valence-corrected chi connectivity index (χ1v) is 5.77. The number of hydrogen-bond acceptors (Lipinski definition) is 3. The van der Waals surface area contributed by atoms with E-state index in [-0.39, 0.29) is 5.89 Å². The standard InChI is InChI=1S/C14H9F3N2O/c15-14(16,17)9-3-1-8(2-4-9)13-19-11-7-10(18)5-6-12(11)20-13/h1-7H,18H2.